The van der Waals surface area contributed by atoms with Crippen LogP contribution in [-0.2, 0) is 16.1 Å². The van der Waals surface area contributed by atoms with Crippen LogP contribution >= 0.6 is 0 Å². The predicted octanol–water partition coefficient (Wildman–Crippen LogP) is 1.82. The normalized spacial score (nSPS) is 13.6. The van der Waals surface area contributed by atoms with E-state index < -0.39 is 12.1 Å². The molecule has 0 aliphatic carbocycles. The molecule has 0 spiro atoms. The Morgan fingerprint density at radius 2 is 2.12 bits per heavy atom. The molecule has 7 nitrogen and oxygen atoms in total. The summed E-state index contributed by atoms with van der Waals surface area (Å²) in [6, 6.07) is 11.0. The fraction of sp³-hybridized carbons (Fsp3) is 0.444. The highest BCUT2D eigenvalue weighted by atomic mass is 16.5. The van der Waals surface area contributed by atoms with Gasteiger partial charge in [-0.15, -0.1) is 0 Å². The van der Waals surface area contributed by atoms with E-state index in [1.54, 1.807) is 31.9 Å². The second-order valence-electron chi connectivity index (χ2n) is 6.08. The number of rotatable bonds is 9. The Morgan fingerprint density at radius 1 is 1.40 bits per heavy atom. The molecule has 0 aliphatic heterocycles. The zero-order valence-corrected chi connectivity index (χ0v) is 14.8. The second kappa shape index (κ2) is 9.31. The zero-order valence-electron chi connectivity index (χ0n) is 14.8. The van der Waals surface area contributed by atoms with E-state index in [0.29, 0.717) is 24.7 Å². The molecule has 0 radical (unpaired) electrons. The molecule has 7 heteroatoms. The molecule has 2 atom stereocenters. The maximum absolute atomic E-state index is 12.2. The van der Waals surface area contributed by atoms with Crippen LogP contribution < -0.4 is 5.32 Å². The van der Waals surface area contributed by atoms with Crippen molar-refractivity contribution < 1.29 is 19.2 Å². The standard InChI is InChI=1S/C18H25N3O4/c1-13-9-17(20-25-13)19-18(23)14(2)21(3)10-16(22)12-24-11-15-7-5-4-6-8-15/h4-9,14,16,22H,10-12H2,1-3H3,(H,19,20,23). The third-order valence-electron chi connectivity index (χ3n) is 3.84. The number of hydrogen-bond acceptors (Lipinski definition) is 6. The van der Waals surface area contributed by atoms with Gasteiger partial charge in [-0.3, -0.25) is 9.69 Å². The Labute approximate surface area is 147 Å². The summed E-state index contributed by atoms with van der Waals surface area (Å²) < 4.78 is 10.4. The number of aryl methyl sites for hydroxylation is 1. The molecule has 136 valence electrons. The highest BCUT2D eigenvalue weighted by Gasteiger charge is 2.21. The molecule has 0 saturated heterocycles. The quantitative estimate of drug-likeness (QED) is 0.719. The van der Waals surface area contributed by atoms with Crippen molar-refractivity contribution in [3.05, 3.63) is 47.7 Å². The lowest BCUT2D eigenvalue weighted by Crippen LogP contribution is -2.44. The SMILES string of the molecule is Cc1cc(NC(=O)C(C)N(C)CC(O)COCc2ccccc2)no1. The molecule has 1 amide bonds. The van der Waals surface area contributed by atoms with Crippen LogP contribution in [0.1, 0.15) is 18.2 Å². The number of nitrogens with zero attached hydrogens (tertiary/aromatic N) is 2. The van der Waals surface area contributed by atoms with E-state index in [-0.39, 0.29) is 12.5 Å². The van der Waals surface area contributed by atoms with Crippen molar-refractivity contribution in [3.63, 3.8) is 0 Å². The minimum absolute atomic E-state index is 0.204. The summed E-state index contributed by atoms with van der Waals surface area (Å²) in [6.07, 6.45) is -0.682. The van der Waals surface area contributed by atoms with Crippen molar-refractivity contribution in [1.29, 1.82) is 0 Å². The lowest BCUT2D eigenvalue weighted by Gasteiger charge is -2.25. The minimum Gasteiger partial charge on any atom is -0.389 e. The summed E-state index contributed by atoms with van der Waals surface area (Å²) in [7, 11) is 1.78. The topological polar surface area (TPSA) is 87.8 Å². The highest BCUT2D eigenvalue weighted by Crippen LogP contribution is 2.09. The summed E-state index contributed by atoms with van der Waals surface area (Å²) in [4.78, 5) is 14.0. The monoisotopic (exact) mass is 347 g/mol. The number of ether oxygens (including phenoxy) is 1. The van der Waals surface area contributed by atoms with Crippen molar-refractivity contribution in [2.45, 2.75) is 32.6 Å². The van der Waals surface area contributed by atoms with Crippen LogP contribution in [0.25, 0.3) is 0 Å². The van der Waals surface area contributed by atoms with Crippen LogP contribution in [0.4, 0.5) is 5.82 Å². The number of aliphatic hydroxyl groups is 1. The summed E-state index contributed by atoms with van der Waals surface area (Å²) >= 11 is 0. The van der Waals surface area contributed by atoms with Crippen LogP contribution in [0.5, 0.6) is 0 Å². The molecule has 1 aromatic carbocycles. The highest BCUT2D eigenvalue weighted by molar-refractivity contribution is 5.93. The van der Waals surface area contributed by atoms with Crippen LogP contribution in [0.2, 0.25) is 0 Å². The molecule has 2 N–H and O–H groups in total. The summed E-state index contributed by atoms with van der Waals surface area (Å²) in [6.45, 7) is 4.49. The first-order valence-electron chi connectivity index (χ1n) is 8.20. The minimum atomic E-state index is -0.682. The second-order valence-corrected chi connectivity index (χ2v) is 6.08. The summed E-state index contributed by atoms with van der Waals surface area (Å²) in [5.74, 6) is 0.796. The molecule has 1 heterocycles. The zero-order chi connectivity index (χ0) is 18.2. The van der Waals surface area contributed by atoms with Crippen LogP contribution in [0, 0.1) is 6.92 Å². The van der Waals surface area contributed by atoms with E-state index >= 15 is 0 Å². The number of aliphatic hydroxyl groups excluding tert-OH is 1. The fourth-order valence-corrected chi connectivity index (χ4v) is 2.29. The average molecular weight is 347 g/mol. The van der Waals surface area contributed by atoms with Crippen LogP contribution in [0.3, 0.4) is 0 Å². The van der Waals surface area contributed by atoms with Gasteiger partial charge in [-0.2, -0.15) is 0 Å². The van der Waals surface area contributed by atoms with Gasteiger partial charge in [0.05, 0.1) is 25.4 Å². The van der Waals surface area contributed by atoms with Gasteiger partial charge < -0.3 is 19.7 Å². The predicted molar refractivity (Wildman–Crippen MR) is 94.1 cm³/mol. The molecule has 2 unspecified atom stereocenters. The third-order valence-corrected chi connectivity index (χ3v) is 3.84. The van der Waals surface area contributed by atoms with Crippen LogP contribution in [-0.4, -0.2) is 53.4 Å². The molecule has 25 heavy (non-hydrogen) atoms. The molecule has 0 aliphatic rings. The number of anilines is 1. The van der Waals surface area contributed by atoms with Crippen molar-refractivity contribution in [2.75, 3.05) is 25.5 Å². The van der Waals surface area contributed by atoms with E-state index in [4.69, 9.17) is 9.26 Å². The average Bonchev–Trinajstić information content (AvgIpc) is 2.99. The molecular weight excluding hydrogens is 322 g/mol. The first kappa shape index (κ1) is 19.1. The maximum atomic E-state index is 12.2. The number of carbonyl (C=O) groups excluding carboxylic acids is 1. The van der Waals surface area contributed by atoms with Gasteiger partial charge in [0.1, 0.15) is 5.76 Å². The molecule has 1 aromatic heterocycles. The Kier molecular flexibility index (Phi) is 7.12. The van der Waals surface area contributed by atoms with Gasteiger partial charge in [0, 0.05) is 12.6 Å². The van der Waals surface area contributed by atoms with Gasteiger partial charge >= 0.3 is 0 Å². The number of likely N-dealkylation sites (N-methyl/N-ethyl adjacent to an activating group) is 1. The lowest BCUT2D eigenvalue weighted by molar-refractivity contribution is -0.121. The van der Waals surface area contributed by atoms with Crippen molar-refractivity contribution in [3.8, 4) is 0 Å². The Morgan fingerprint density at radius 3 is 2.76 bits per heavy atom. The first-order chi connectivity index (χ1) is 12.0. The molecule has 0 bridgehead atoms. The Bertz CT molecular complexity index is 659. The van der Waals surface area contributed by atoms with E-state index in [9.17, 15) is 9.90 Å². The van der Waals surface area contributed by atoms with E-state index in [0.717, 1.165) is 5.56 Å². The van der Waals surface area contributed by atoms with Crippen molar-refractivity contribution >= 4 is 11.7 Å². The molecule has 2 aromatic rings. The number of aromatic nitrogens is 1. The smallest absolute Gasteiger partial charge is 0.242 e. The number of nitrogens with one attached hydrogen (secondary N) is 1. The molecule has 0 fully saturated rings. The van der Waals surface area contributed by atoms with Gasteiger partial charge in [-0.05, 0) is 26.5 Å². The van der Waals surface area contributed by atoms with Gasteiger partial charge in [0.25, 0.3) is 0 Å². The van der Waals surface area contributed by atoms with Gasteiger partial charge in [-0.25, -0.2) is 0 Å². The van der Waals surface area contributed by atoms with E-state index in [1.165, 1.54) is 0 Å². The maximum Gasteiger partial charge on any atom is 0.242 e. The largest absolute Gasteiger partial charge is 0.389 e. The lowest BCUT2D eigenvalue weighted by atomic mass is 10.2. The molecule has 0 saturated carbocycles. The number of hydrogen-bond donors (Lipinski definition) is 2. The Hall–Kier alpha value is -2.22. The molecular formula is C18H25N3O4. The van der Waals surface area contributed by atoms with Crippen molar-refractivity contribution in [2.24, 2.45) is 0 Å². The Balaban J connectivity index is 1.71. The summed E-state index contributed by atoms with van der Waals surface area (Å²) in [5, 5.41) is 16.5. The van der Waals surface area contributed by atoms with Gasteiger partial charge in [-0.1, -0.05) is 35.5 Å². The van der Waals surface area contributed by atoms with E-state index in [2.05, 4.69) is 10.5 Å². The van der Waals surface area contributed by atoms with Crippen molar-refractivity contribution in [1.82, 2.24) is 10.1 Å². The van der Waals surface area contributed by atoms with Gasteiger partial charge in [0.2, 0.25) is 5.91 Å². The third kappa shape index (κ3) is 6.30. The molecule has 2 rings (SSSR count). The number of carbonyl (C=O) groups is 1. The fourth-order valence-electron chi connectivity index (χ4n) is 2.29. The summed E-state index contributed by atoms with van der Waals surface area (Å²) in [5.41, 5.74) is 1.05. The number of amides is 1. The van der Waals surface area contributed by atoms with Gasteiger partial charge in [0.15, 0.2) is 5.82 Å². The van der Waals surface area contributed by atoms with E-state index in [1.807, 2.05) is 30.3 Å². The van der Waals surface area contributed by atoms with Crippen LogP contribution in [0.15, 0.2) is 40.9 Å². The number of benzene rings is 1. The first-order valence-corrected chi connectivity index (χ1v) is 8.20.